The van der Waals surface area contributed by atoms with Crippen LogP contribution in [0.25, 0.3) is 0 Å². The highest BCUT2D eigenvalue weighted by Crippen LogP contribution is 2.24. The van der Waals surface area contributed by atoms with Crippen LogP contribution in [-0.2, 0) is 14.3 Å². The lowest BCUT2D eigenvalue weighted by molar-refractivity contribution is -0.302. The molecule has 1 aliphatic heterocycles. The molecule has 6 N–H and O–H groups in total. The molecule has 1 aliphatic rings. The van der Waals surface area contributed by atoms with Crippen LogP contribution >= 0.6 is 0 Å². The van der Waals surface area contributed by atoms with Gasteiger partial charge in [-0.1, -0.05) is 357 Å². The molecule has 9 heteroatoms. The van der Waals surface area contributed by atoms with Crippen molar-refractivity contribution in [3.05, 3.63) is 60.8 Å². The van der Waals surface area contributed by atoms with E-state index < -0.39 is 49.5 Å². The number of aliphatic hydroxyl groups is 5. The zero-order valence-electron chi connectivity index (χ0n) is 58.0. The molecule has 0 spiro atoms. The second kappa shape index (κ2) is 67.8. The van der Waals surface area contributed by atoms with Gasteiger partial charge in [-0.25, -0.2) is 0 Å². The van der Waals surface area contributed by atoms with Gasteiger partial charge in [0.05, 0.1) is 25.4 Å². The molecule has 9 nitrogen and oxygen atoms in total. The number of hydrogen-bond acceptors (Lipinski definition) is 8. The van der Waals surface area contributed by atoms with E-state index in [0.717, 1.165) is 51.4 Å². The number of hydrogen-bond donors (Lipinski definition) is 6. The fraction of sp³-hybridized carbons (Fsp3) is 0.861. The number of allylic oxidation sites excluding steroid dienone is 9. The van der Waals surface area contributed by atoms with Gasteiger partial charge in [-0.15, -0.1) is 0 Å². The molecule has 0 aromatic heterocycles. The van der Waals surface area contributed by atoms with Gasteiger partial charge in [-0.3, -0.25) is 4.79 Å². The summed E-state index contributed by atoms with van der Waals surface area (Å²) in [5, 5.41) is 54.8. The van der Waals surface area contributed by atoms with Gasteiger partial charge in [-0.2, -0.15) is 0 Å². The Hall–Kier alpha value is -2.11. The van der Waals surface area contributed by atoms with Crippen LogP contribution in [0.15, 0.2) is 60.8 Å². The van der Waals surface area contributed by atoms with E-state index in [-0.39, 0.29) is 12.5 Å². The van der Waals surface area contributed by atoms with Gasteiger partial charge >= 0.3 is 0 Å². The quantitative estimate of drug-likeness (QED) is 0.0261. The van der Waals surface area contributed by atoms with E-state index in [4.69, 9.17) is 9.47 Å². The first-order valence-electron chi connectivity index (χ1n) is 38.5. The summed E-state index contributed by atoms with van der Waals surface area (Å²) in [6, 6.07) is -0.830. The van der Waals surface area contributed by atoms with Crippen LogP contribution in [0.2, 0.25) is 0 Å². The number of carbonyl (C=O) groups excluding carboxylic acids is 1. The fourth-order valence-electron chi connectivity index (χ4n) is 12.3. The minimum atomic E-state index is -1.58. The van der Waals surface area contributed by atoms with Crippen molar-refractivity contribution in [2.75, 3.05) is 13.2 Å². The SMILES string of the molecule is CCCCCCC/C=C\C/C=C\CCCCCCCCCCCCCCCCCCCCCCCCCCCCCC(=O)NC(COC1OC(CO)C(O)C(O)C1O)C(O)/C=C/CC/C=C/CC/C=C/CCCCCCCCCCCCCCCCCC. The maximum atomic E-state index is 13.1. The van der Waals surface area contributed by atoms with Gasteiger partial charge in [0.15, 0.2) is 6.29 Å². The predicted molar refractivity (Wildman–Crippen MR) is 378 cm³/mol. The van der Waals surface area contributed by atoms with Gasteiger partial charge < -0.3 is 40.3 Å². The Balaban J connectivity index is 2.08. The molecule has 88 heavy (non-hydrogen) atoms. The Bertz CT molecular complexity index is 1580. The third kappa shape index (κ3) is 55.5. The van der Waals surface area contributed by atoms with Crippen LogP contribution in [0, 0.1) is 0 Å². The van der Waals surface area contributed by atoms with E-state index in [1.165, 1.54) is 308 Å². The van der Waals surface area contributed by atoms with Crippen molar-refractivity contribution in [2.24, 2.45) is 0 Å². The molecule has 0 aromatic rings. The van der Waals surface area contributed by atoms with Crippen molar-refractivity contribution in [1.29, 1.82) is 0 Å². The van der Waals surface area contributed by atoms with Crippen LogP contribution in [0.3, 0.4) is 0 Å². The topological polar surface area (TPSA) is 149 Å². The first-order chi connectivity index (χ1) is 43.3. The number of aliphatic hydroxyl groups excluding tert-OH is 5. The summed E-state index contributed by atoms with van der Waals surface area (Å²) in [6.07, 6.45) is 88.0. The average molecular weight is 1240 g/mol. The lowest BCUT2D eigenvalue weighted by atomic mass is 9.99. The highest BCUT2D eigenvalue weighted by atomic mass is 16.7. The molecule has 0 bridgehead atoms. The monoisotopic (exact) mass is 1240 g/mol. The number of rotatable bonds is 68. The Morgan fingerprint density at radius 3 is 1.02 bits per heavy atom. The van der Waals surface area contributed by atoms with Gasteiger partial charge in [0.2, 0.25) is 5.91 Å². The summed E-state index contributed by atoms with van der Waals surface area (Å²) in [7, 11) is 0. The predicted octanol–water partition coefficient (Wildman–Crippen LogP) is 21.7. The second-order valence-electron chi connectivity index (χ2n) is 26.8. The number of amides is 1. The van der Waals surface area contributed by atoms with E-state index in [0.29, 0.717) is 6.42 Å². The Kier molecular flexibility index (Phi) is 64.6. The third-order valence-corrected chi connectivity index (χ3v) is 18.3. The van der Waals surface area contributed by atoms with Gasteiger partial charge in [0.1, 0.15) is 24.4 Å². The molecule has 7 unspecified atom stereocenters. The standard InChI is InChI=1S/C79H147NO8/c1-3-5-7-9-11-13-15-17-19-21-23-25-27-29-31-32-33-34-35-36-37-38-39-40-41-42-43-45-47-49-51-53-55-57-59-61-63-65-67-69-75(83)80-72(71-87-79-78(86)77(85)76(84)74(70-81)88-79)73(82)68-66-64-62-60-58-56-54-52-50-48-46-44-30-28-26-24-22-20-18-16-14-12-10-8-6-4-2/h15,17,21,23,50,52,58,60,66,68,72-74,76-79,81-82,84-86H,3-14,16,18-20,22,24-49,51,53-57,59,61-65,67,69-71H2,1-2H3,(H,80,83)/b17-15-,23-21-,52-50+,60-58+,68-66+. The molecule has 0 radical (unpaired) electrons. The average Bonchev–Trinajstić information content (AvgIpc) is 3.65. The molecule has 1 heterocycles. The number of unbranched alkanes of at least 4 members (excludes halogenated alkanes) is 50. The summed E-state index contributed by atoms with van der Waals surface area (Å²) in [6.45, 7) is 3.80. The largest absolute Gasteiger partial charge is 0.394 e. The van der Waals surface area contributed by atoms with Crippen LogP contribution in [-0.4, -0.2) is 87.5 Å². The van der Waals surface area contributed by atoms with E-state index in [1.54, 1.807) is 6.08 Å². The summed E-state index contributed by atoms with van der Waals surface area (Å²) < 4.78 is 11.3. The van der Waals surface area contributed by atoms with Gasteiger partial charge in [-0.05, 0) is 77.0 Å². The Morgan fingerprint density at radius 2 is 0.682 bits per heavy atom. The molecule has 0 aromatic carbocycles. The van der Waals surface area contributed by atoms with Crippen LogP contribution in [0.4, 0.5) is 0 Å². The fourth-order valence-corrected chi connectivity index (χ4v) is 12.3. The molecule has 516 valence electrons. The molecule has 1 rings (SSSR count). The van der Waals surface area contributed by atoms with Crippen LogP contribution < -0.4 is 5.32 Å². The summed E-state index contributed by atoms with van der Waals surface area (Å²) in [5.74, 6) is -0.184. The number of nitrogens with one attached hydrogen (secondary N) is 1. The van der Waals surface area contributed by atoms with Crippen molar-refractivity contribution in [3.8, 4) is 0 Å². The lowest BCUT2D eigenvalue weighted by Crippen LogP contribution is -2.60. The third-order valence-electron chi connectivity index (χ3n) is 18.3. The van der Waals surface area contributed by atoms with Crippen molar-refractivity contribution >= 4 is 5.91 Å². The first-order valence-corrected chi connectivity index (χ1v) is 38.5. The summed E-state index contributed by atoms with van der Waals surface area (Å²) in [5.41, 5.74) is 0. The lowest BCUT2D eigenvalue weighted by Gasteiger charge is -2.40. The summed E-state index contributed by atoms with van der Waals surface area (Å²) in [4.78, 5) is 13.1. The highest BCUT2D eigenvalue weighted by Gasteiger charge is 2.44. The van der Waals surface area contributed by atoms with Crippen molar-refractivity contribution in [2.45, 2.75) is 423 Å². The zero-order valence-corrected chi connectivity index (χ0v) is 58.0. The molecule has 1 amide bonds. The maximum Gasteiger partial charge on any atom is 0.220 e. The maximum absolute atomic E-state index is 13.1. The molecule has 1 fully saturated rings. The molecule has 0 aliphatic carbocycles. The second-order valence-corrected chi connectivity index (χ2v) is 26.8. The van der Waals surface area contributed by atoms with E-state index in [9.17, 15) is 30.3 Å². The van der Waals surface area contributed by atoms with E-state index in [1.807, 2.05) is 6.08 Å². The van der Waals surface area contributed by atoms with E-state index in [2.05, 4.69) is 67.8 Å². The van der Waals surface area contributed by atoms with Crippen molar-refractivity contribution in [3.63, 3.8) is 0 Å². The zero-order chi connectivity index (χ0) is 63.5. The summed E-state index contributed by atoms with van der Waals surface area (Å²) >= 11 is 0. The van der Waals surface area contributed by atoms with Crippen LogP contribution in [0.1, 0.15) is 380 Å². The van der Waals surface area contributed by atoms with Gasteiger partial charge in [0, 0.05) is 6.42 Å². The van der Waals surface area contributed by atoms with Crippen molar-refractivity contribution in [1.82, 2.24) is 5.32 Å². The minimum Gasteiger partial charge on any atom is -0.394 e. The highest BCUT2D eigenvalue weighted by molar-refractivity contribution is 5.76. The molecule has 7 atom stereocenters. The molecule has 1 saturated heterocycles. The minimum absolute atomic E-state index is 0.184. The number of carbonyl (C=O) groups is 1. The molecular formula is C79H147NO8. The van der Waals surface area contributed by atoms with E-state index >= 15 is 0 Å². The molecular weight excluding hydrogens is 1090 g/mol. The smallest absolute Gasteiger partial charge is 0.220 e. The van der Waals surface area contributed by atoms with Crippen LogP contribution in [0.5, 0.6) is 0 Å². The van der Waals surface area contributed by atoms with Crippen molar-refractivity contribution < 1.29 is 39.8 Å². The normalized spacial score (nSPS) is 18.2. The Labute approximate surface area is 545 Å². The van der Waals surface area contributed by atoms with Gasteiger partial charge in [0.25, 0.3) is 0 Å². The Morgan fingerprint density at radius 1 is 0.386 bits per heavy atom. The molecule has 0 saturated carbocycles. The number of ether oxygens (including phenoxy) is 2. The first kappa shape index (κ1) is 83.9.